The molecule has 0 amide bonds. The van der Waals surface area contributed by atoms with Crippen molar-refractivity contribution in [2.75, 3.05) is 0 Å². The number of nitro benzene ring substituents is 1. The Morgan fingerprint density at radius 3 is 2.40 bits per heavy atom. The number of hydrogen-bond acceptors (Lipinski definition) is 3. The number of rotatable bonds is 3. The van der Waals surface area contributed by atoms with Crippen LogP contribution in [0.15, 0.2) is 12.1 Å². The summed E-state index contributed by atoms with van der Waals surface area (Å²) in [5.74, 6) is -4.73. The van der Waals surface area contributed by atoms with Crippen LogP contribution in [0.1, 0.15) is 0 Å². The van der Waals surface area contributed by atoms with E-state index in [1.807, 2.05) is 0 Å². The summed E-state index contributed by atoms with van der Waals surface area (Å²) in [6.07, 6.45) is 0. The number of halogens is 4. The van der Waals surface area contributed by atoms with Gasteiger partial charge in [0.2, 0.25) is 11.6 Å². The van der Waals surface area contributed by atoms with E-state index in [9.17, 15) is 27.7 Å². The van der Waals surface area contributed by atoms with Crippen LogP contribution in [0, 0.1) is 21.7 Å². The molecule has 0 aliphatic rings. The molecule has 0 fully saturated rings. The monoisotopic (exact) mass is 225 g/mol. The minimum Gasteiger partial charge on any atom is -0.424 e. The number of nitro groups is 1. The molecule has 0 radical (unpaired) electrons. The summed E-state index contributed by atoms with van der Waals surface area (Å²) in [5.41, 5.74) is -1.06. The zero-order valence-electron chi connectivity index (χ0n) is 6.92. The van der Waals surface area contributed by atoms with Gasteiger partial charge in [-0.05, 0) is 6.07 Å². The molecule has 0 unspecified atom stereocenters. The topological polar surface area (TPSA) is 52.4 Å². The Morgan fingerprint density at radius 1 is 1.33 bits per heavy atom. The van der Waals surface area contributed by atoms with Crippen molar-refractivity contribution in [3.05, 3.63) is 33.9 Å². The largest absolute Gasteiger partial charge is 0.424 e. The molecule has 0 atom stereocenters. The summed E-state index contributed by atoms with van der Waals surface area (Å²) in [4.78, 5) is 9.11. The second-order valence-electron chi connectivity index (χ2n) is 2.35. The van der Waals surface area contributed by atoms with Gasteiger partial charge < -0.3 is 4.74 Å². The third-order valence-electron chi connectivity index (χ3n) is 1.43. The normalized spacial score (nSPS) is 10.5. The van der Waals surface area contributed by atoms with Crippen LogP contribution in [0.25, 0.3) is 0 Å². The molecular weight excluding hydrogens is 222 g/mol. The molecule has 0 spiro atoms. The van der Waals surface area contributed by atoms with Gasteiger partial charge >= 0.3 is 12.3 Å². The zero-order valence-corrected chi connectivity index (χ0v) is 6.92. The third kappa shape index (κ3) is 2.33. The van der Waals surface area contributed by atoms with Crippen molar-refractivity contribution in [2.24, 2.45) is 0 Å². The van der Waals surface area contributed by atoms with E-state index in [1.165, 1.54) is 0 Å². The Bertz CT molecular complexity index is 396. The highest BCUT2D eigenvalue weighted by Crippen LogP contribution is 2.32. The van der Waals surface area contributed by atoms with Crippen molar-refractivity contribution in [3.63, 3.8) is 0 Å². The molecule has 0 bridgehead atoms. The summed E-state index contributed by atoms with van der Waals surface area (Å²) in [6.45, 7) is -3.47. The lowest BCUT2D eigenvalue weighted by Gasteiger charge is -2.06. The lowest BCUT2D eigenvalue weighted by Crippen LogP contribution is -2.07. The summed E-state index contributed by atoms with van der Waals surface area (Å²) in [5, 5.41) is 10.3. The van der Waals surface area contributed by atoms with Crippen LogP contribution in [-0.2, 0) is 0 Å². The van der Waals surface area contributed by atoms with E-state index in [0.29, 0.717) is 12.1 Å². The highest BCUT2D eigenvalue weighted by molar-refractivity contribution is 5.47. The highest BCUT2D eigenvalue weighted by atomic mass is 19.3. The smallest absolute Gasteiger partial charge is 0.387 e. The van der Waals surface area contributed by atoms with Crippen molar-refractivity contribution in [1.82, 2.24) is 0 Å². The van der Waals surface area contributed by atoms with E-state index >= 15 is 0 Å². The minimum absolute atomic E-state index is 0.450. The molecule has 0 saturated heterocycles. The van der Waals surface area contributed by atoms with Crippen LogP contribution in [0.2, 0.25) is 0 Å². The second kappa shape index (κ2) is 4.11. The molecule has 0 saturated carbocycles. The first-order valence-corrected chi connectivity index (χ1v) is 3.50. The summed E-state index contributed by atoms with van der Waals surface area (Å²) >= 11 is 0. The predicted octanol–water partition coefficient (Wildman–Crippen LogP) is 2.47. The van der Waals surface area contributed by atoms with Crippen molar-refractivity contribution in [1.29, 1.82) is 0 Å². The SMILES string of the molecule is O=[N+]([O-])c1ccc(F)c(F)c1OC(F)F. The van der Waals surface area contributed by atoms with Gasteiger partial charge in [-0.15, -0.1) is 0 Å². The van der Waals surface area contributed by atoms with Gasteiger partial charge in [0.15, 0.2) is 5.82 Å². The van der Waals surface area contributed by atoms with Gasteiger partial charge in [0.25, 0.3) is 0 Å². The molecular formula is C7H3F4NO3. The Hall–Kier alpha value is -1.86. The van der Waals surface area contributed by atoms with Gasteiger partial charge in [0.05, 0.1) is 4.92 Å². The quantitative estimate of drug-likeness (QED) is 0.451. The Kier molecular flexibility index (Phi) is 3.08. The summed E-state index contributed by atoms with van der Waals surface area (Å²) in [7, 11) is 0. The van der Waals surface area contributed by atoms with Gasteiger partial charge in [-0.2, -0.15) is 13.2 Å². The molecule has 1 aromatic rings. The lowest BCUT2D eigenvalue weighted by atomic mass is 10.3. The first-order chi connectivity index (χ1) is 6.93. The molecule has 8 heteroatoms. The summed E-state index contributed by atoms with van der Waals surface area (Å²) < 4.78 is 52.4. The van der Waals surface area contributed by atoms with Crippen molar-refractivity contribution < 1.29 is 27.2 Å². The summed E-state index contributed by atoms with van der Waals surface area (Å²) in [6, 6.07) is 0.988. The Balaban J connectivity index is 3.28. The fraction of sp³-hybridized carbons (Fsp3) is 0.143. The maximum Gasteiger partial charge on any atom is 0.387 e. The molecule has 15 heavy (non-hydrogen) atoms. The minimum atomic E-state index is -3.47. The van der Waals surface area contributed by atoms with Gasteiger partial charge in [-0.3, -0.25) is 10.1 Å². The number of ether oxygens (including phenoxy) is 1. The average Bonchev–Trinajstić information content (AvgIpc) is 2.12. The molecule has 0 aliphatic carbocycles. The van der Waals surface area contributed by atoms with E-state index in [1.54, 1.807) is 0 Å². The van der Waals surface area contributed by atoms with E-state index < -0.39 is 34.6 Å². The van der Waals surface area contributed by atoms with E-state index in [4.69, 9.17) is 0 Å². The number of alkyl halides is 2. The van der Waals surface area contributed by atoms with Gasteiger partial charge in [-0.25, -0.2) is 4.39 Å². The second-order valence-corrected chi connectivity index (χ2v) is 2.35. The Labute approximate surface area is 80.2 Å². The van der Waals surface area contributed by atoms with E-state index in [2.05, 4.69) is 4.74 Å². The molecule has 1 aromatic carbocycles. The van der Waals surface area contributed by atoms with Gasteiger partial charge in [-0.1, -0.05) is 0 Å². The number of hydrogen-bond donors (Lipinski definition) is 0. The zero-order chi connectivity index (χ0) is 11.6. The van der Waals surface area contributed by atoms with Crippen LogP contribution in [-0.4, -0.2) is 11.5 Å². The molecule has 0 aliphatic heterocycles. The molecule has 82 valence electrons. The molecule has 0 N–H and O–H groups in total. The third-order valence-corrected chi connectivity index (χ3v) is 1.43. The van der Waals surface area contributed by atoms with E-state index in [0.717, 1.165) is 0 Å². The van der Waals surface area contributed by atoms with Crippen molar-refractivity contribution in [3.8, 4) is 5.75 Å². The molecule has 0 heterocycles. The maximum atomic E-state index is 12.8. The fourth-order valence-corrected chi connectivity index (χ4v) is 0.867. The first kappa shape index (κ1) is 11.2. The fourth-order valence-electron chi connectivity index (χ4n) is 0.867. The standard InChI is InChI=1S/C7H3F4NO3/c8-3-1-2-4(12(13)14)6(5(3)9)15-7(10)11/h1-2,7H. The molecule has 0 aromatic heterocycles. The lowest BCUT2D eigenvalue weighted by molar-refractivity contribution is -0.386. The van der Waals surface area contributed by atoms with Gasteiger partial charge in [0.1, 0.15) is 0 Å². The van der Waals surface area contributed by atoms with E-state index in [-0.39, 0.29) is 0 Å². The Morgan fingerprint density at radius 2 is 1.93 bits per heavy atom. The molecule has 4 nitrogen and oxygen atoms in total. The van der Waals surface area contributed by atoms with Gasteiger partial charge in [0, 0.05) is 6.07 Å². The van der Waals surface area contributed by atoms with Crippen LogP contribution in [0.3, 0.4) is 0 Å². The van der Waals surface area contributed by atoms with Crippen LogP contribution < -0.4 is 4.74 Å². The van der Waals surface area contributed by atoms with Crippen molar-refractivity contribution in [2.45, 2.75) is 6.61 Å². The predicted molar refractivity (Wildman–Crippen MR) is 39.6 cm³/mol. The first-order valence-electron chi connectivity index (χ1n) is 3.50. The number of nitrogens with zero attached hydrogens (tertiary/aromatic N) is 1. The highest BCUT2D eigenvalue weighted by Gasteiger charge is 2.25. The maximum absolute atomic E-state index is 12.8. The average molecular weight is 225 g/mol. The molecule has 1 rings (SSSR count). The van der Waals surface area contributed by atoms with Crippen LogP contribution in [0.4, 0.5) is 23.2 Å². The van der Waals surface area contributed by atoms with Crippen LogP contribution >= 0.6 is 0 Å². The number of benzene rings is 1. The van der Waals surface area contributed by atoms with Crippen molar-refractivity contribution >= 4 is 5.69 Å². The van der Waals surface area contributed by atoms with Crippen LogP contribution in [0.5, 0.6) is 5.75 Å².